The first-order chi connectivity index (χ1) is 8.20. The molecule has 0 aliphatic carbocycles. The van der Waals surface area contributed by atoms with Crippen LogP contribution in [0.5, 0.6) is 0 Å². The maximum Gasteiger partial charge on any atom is 0.123 e. The molecule has 0 aromatic heterocycles. The van der Waals surface area contributed by atoms with Gasteiger partial charge in [0.05, 0.1) is 6.04 Å². The molecule has 0 heterocycles. The first-order valence-electron chi connectivity index (χ1n) is 5.39. The molecule has 0 saturated heterocycles. The van der Waals surface area contributed by atoms with Gasteiger partial charge in [0.1, 0.15) is 5.82 Å². The monoisotopic (exact) mass is 249 g/mol. The van der Waals surface area contributed by atoms with E-state index in [0.717, 1.165) is 11.1 Å². The van der Waals surface area contributed by atoms with E-state index in [0.29, 0.717) is 5.02 Å². The summed E-state index contributed by atoms with van der Waals surface area (Å²) < 4.78 is 12.9. The van der Waals surface area contributed by atoms with Crippen LogP contribution in [-0.2, 0) is 0 Å². The van der Waals surface area contributed by atoms with Crippen molar-refractivity contribution in [3.05, 3.63) is 70.5 Å². The Morgan fingerprint density at radius 1 is 0.941 bits per heavy atom. The lowest BCUT2D eigenvalue weighted by Gasteiger charge is -2.17. The molecule has 0 saturated carbocycles. The number of halogens is 2. The van der Waals surface area contributed by atoms with Crippen molar-refractivity contribution < 1.29 is 4.39 Å². The zero-order chi connectivity index (χ0) is 12.3. The van der Waals surface area contributed by atoms with Gasteiger partial charge in [-0.15, -0.1) is 0 Å². The van der Waals surface area contributed by atoms with Crippen molar-refractivity contribution >= 4 is 11.6 Å². The second kappa shape index (κ2) is 5.30. The maximum atomic E-state index is 12.9. The quantitative estimate of drug-likeness (QED) is 0.873. The molecule has 0 radical (unpaired) electrons. The predicted molar refractivity (Wildman–Crippen MR) is 68.8 cm³/mol. The van der Waals surface area contributed by atoms with Crippen LogP contribution in [0.25, 0.3) is 0 Å². The first kappa shape index (κ1) is 12.1. The molecule has 0 spiro atoms. The van der Waals surface area contributed by atoms with Crippen LogP contribution < -0.4 is 5.32 Å². The molecular weight excluding hydrogens is 237 g/mol. The van der Waals surface area contributed by atoms with Gasteiger partial charge in [-0.1, -0.05) is 35.9 Å². The number of rotatable bonds is 3. The molecule has 0 fully saturated rings. The SMILES string of the molecule is CNC(c1ccc(F)cc1)c1ccc(Cl)cc1. The fraction of sp³-hybridized carbons (Fsp3) is 0.143. The lowest BCUT2D eigenvalue weighted by atomic mass is 9.99. The Labute approximate surface area is 105 Å². The normalized spacial score (nSPS) is 12.4. The third-order valence-corrected chi connectivity index (χ3v) is 2.95. The molecule has 0 aliphatic rings. The number of hydrogen-bond donors (Lipinski definition) is 1. The van der Waals surface area contributed by atoms with E-state index < -0.39 is 0 Å². The van der Waals surface area contributed by atoms with Crippen molar-refractivity contribution in [2.75, 3.05) is 7.05 Å². The molecule has 1 N–H and O–H groups in total. The highest BCUT2D eigenvalue weighted by Gasteiger charge is 2.11. The highest BCUT2D eigenvalue weighted by Crippen LogP contribution is 2.23. The van der Waals surface area contributed by atoms with Gasteiger partial charge in [-0.2, -0.15) is 0 Å². The van der Waals surface area contributed by atoms with E-state index >= 15 is 0 Å². The number of benzene rings is 2. The van der Waals surface area contributed by atoms with Gasteiger partial charge in [-0.3, -0.25) is 0 Å². The minimum Gasteiger partial charge on any atom is -0.309 e. The van der Waals surface area contributed by atoms with Crippen LogP contribution >= 0.6 is 11.6 Å². The molecule has 1 atom stereocenters. The summed E-state index contributed by atoms with van der Waals surface area (Å²) in [5.74, 6) is -0.222. The van der Waals surface area contributed by atoms with Gasteiger partial charge in [-0.25, -0.2) is 4.39 Å². The highest BCUT2D eigenvalue weighted by molar-refractivity contribution is 6.30. The molecule has 88 valence electrons. The summed E-state index contributed by atoms with van der Waals surface area (Å²) in [6.45, 7) is 0. The van der Waals surface area contributed by atoms with E-state index in [9.17, 15) is 4.39 Å². The van der Waals surface area contributed by atoms with Crippen LogP contribution in [0.1, 0.15) is 17.2 Å². The van der Waals surface area contributed by atoms with Gasteiger partial charge in [-0.05, 0) is 42.4 Å². The third kappa shape index (κ3) is 2.84. The number of hydrogen-bond acceptors (Lipinski definition) is 1. The summed E-state index contributed by atoms with van der Waals surface area (Å²) in [4.78, 5) is 0. The largest absolute Gasteiger partial charge is 0.309 e. The van der Waals surface area contributed by atoms with Gasteiger partial charge in [0.15, 0.2) is 0 Å². The summed E-state index contributed by atoms with van der Waals surface area (Å²) in [5.41, 5.74) is 2.12. The first-order valence-corrected chi connectivity index (χ1v) is 5.76. The minimum atomic E-state index is -0.222. The van der Waals surface area contributed by atoms with Crippen LogP contribution in [0.2, 0.25) is 5.02 Å². The van der Waals surface area contributed by atoms with Crippen molar-refractivity contribution in [3.63, 3.8) is 0 Å². The standard InChI is InChI=1S/C14H13ClFN/c1-17-14(10-2-6-12(15)7-3-10)11-4-8-13(16)9-5-11/h2-9,14,17H,1H3. The van der Waals surface area contributed by atoms with Gasteiger partial charge < -0.3 is 5.32 Å². The Balaban J connectivity index is 2.33. The number of nitrogens with one attached hydrogen (secondary N) is 1. The second-order valence-corrected chi connectivity index (χ2v) is 4.26. The van der Waals surface area contributed by atoms with Crippen LogP contribution in [0.3, 0.4) is 0 Å². The molecular formula is C14H13ClFN. The molecule has 17 heavy (non-hydrogen) atoms. The molecule has 1 nitrogen and oxygen atoms in total. The third-order valence-electron chi connectivity index (χ3n) is 2.70. The average molecular weight is 250 g/mol. The Bertz CT molecular complexity index is 433. The fourth-order valence-corrected chi connectivity index (χ4v) is 1.96. The van der Waals surface area contributed by atoms with E-state index in [4.69, 9.17) is 11.6 Å². The van der Waals surface area contributed by atoms with E-state index in [1.54, 1.807) is 12.1 Å². The summed E-state index contributed by atoms with van der Waals surface area (Å²) in [5, 5.41) is 3.92. The van der Waals surface area contributed by atoms with Crippen molar-refractivity contribution in [2.45, 2.75) is 6.04 Å². The predicted octanol–water partition coefficient (Wildman–Crippen LogP) is 3.79. The zero-order valence-corrected chi connectivity index (χ0v) is 10.2. The molecule has 0 amide bonds. The lowest BCUT2D eigenvalue weighted by Crippen LogP contribution is -2.17. The molecule has 2 aromatic carbocycles. The Morgan fingerprint density at radius 2 is 1.41 bits per heavy atom. The van der Waals surface area contributed by atoms with Crippen molar-refractivity contribution in [1.82, 2.24) is 5.32 Å². The van der Waals surface area contributed by atoms with Crippen LogP contribution in [0.15, 0.2) is 48.5 Å². The van der Waals surface area contributed by atoms with Crippen LogP contribution in [0.4, 0.5) is 4.39 Å². The van der Waals surface area contributed by atoms with E-state index in [2.05, 4.69) is 5.32 Å². The second-order valence-electron chi connectivity index (χ2n) is 3.82. The maximum absolute atomic E-state index is 12.9. The van der Waals surface area contributed by atoms with E-state index in [1.165, 1.54) is 12.1 Å². The van der Waals surface area contributed by atoms with Crippen LogP contribution in [-0.4, -0.2) is 7.05 Å². The zero-order valence-electron chi connectivity index (χ0n) is 9.45. The van der Waals surface area contributed by atoms with Gasteiger partial charge in [0.2, 0.25) is 0 Å². The summed E-state index contributed by atoms with van der Waals surface area (Å²) in [6, 6.07) is 14.2. The van der Waals surface area contributed by atoms with Crippen LogP contribution in [0, 0.1) is 5.82 Å². The lowest BCUT2D eigenvalue weighted by molar-refractivity contribution is 0.623. The molecule has 2 aromatic rings. The smallest absolute Gasteiger partial charge is 0.123 e. The Morgan fingerprint density at radius 3 is 1.88 bits per heavy atom. The van der Waals surface area contributed by atoms with Crippen molar-refractivity contribution in [2.24, 2.45) is 0 Å². The van der Waals surface area contributed by atoms with Gasteiger partial charge in [0.25, 0.3) is 0 Å². The minimum absolute atomic E-state index is 0.0490. The van der Waals surface area contributed by atoms with E-state index in [1.807, 2.05) is 31.3 Å². The van der Waals surface area contributed by atoms with E-state index in [-0.39, 0.29) is 11.9 Å². The molecule has 0 aliphatic heterocycles. The Hall–Kier alpha value is -1.38. The van der Waals surface area contributed by atoms with Gasteiger partial charge in [0, 0.05) is 5.02 Å². The molecule has 1 unspecified atom stereocenters. The summed E-state index contributed by atoms with van der Waals surface area (Å²) in [6.07, 6.45) is 0. The molecule has 2 rings (SSSR count). The van der Waals surface area contributed by atoms with Gasteiger partial charge >= 0.3 is 0 Å². The topological polar surface area (TPSA) is 12.0 Å². The molecule has 0 bridgehead atoms. The summed E-state index contributed by atoms with van der Waals surface area (Å²) in [7, 11) is 1.88. The highest BCUT2D eigenvalue weighted by atomic mass is 35.5. The fourth-order valence-electron chi connectivity index (χ4n) is 1.84. The Kier molecular flexibility index (Phi) is 3.77. The average Bonchev–Trinajstić information content (AvgIpc) is 2.35. The summed E-state index contributed by atoms with van der Waals surface area (Å²) >= 11 is 5.86. The molecule has 3 heteroatoms. The van der Waals surface area contributed by atoms with Crippen molar-refractivity contribution in [3.8, 4) is 0 Å². The van der Waals surface area contributed by atoms with Crippen molar-refractivity contribution in [1.29, 1.82) is 0 Å².